The molecule has 1 rings (SSSR count). The summed E-state index contributed by atoms with van der Waals surface area (Å²) < 4.78 is 0. The Balaban J connectivity index is 2.31. The highest BCUT2D eigenvalue weighted by Gasteiger charge is 2.10. The van der Waals surface area contributed by atoms with E-state index in [-0.39, 0.29) is 0 Å². The van der Waals surface area contributed by atoms with Gasteiger partial charge in [-0.15, -0.1) is 0 Å². The number of rotatable bonds is 6. The molecule has 0 radical (unpaired) electrons. The van der Waals surface area contributed by atoms with Gasteiger partial charge < -0.3 is 5.32 Å². The van der Waals surface area contributed by atoms with Crippen molar-refractivity contribution in [2.75, 3.05) is 6.54 Å². The Morgan fingerprint density at radius 2 is 1.87 bits per heavy atom. The van der Waals surface area contributed by atoms with Gasteiger partial charge in [0.15, 0.2) is 0 Å². The van der Waals surface area contributed by atoms with Crippen molar-refractivity contribution >= 4 is 11.8 Å². The van der Waals surface area contributed by atoms with E-state index in [1.807, 2.05) is 11.8 Å². The lowest BCUT2D eigenvalue weighted by atomic mass is 10.2. The minimum absolute atomic E-state index is 0.587. The fourth-order valence-electron chi connectivity index (χ4n) is 1.43. The zero-order valence-corrected chi connectivity index (χ0v) is 10.7. The van der Waals surface area contributed by atoms with Crippen LogP contribution < -0.4 is 5.32 Å². The quantitative estimate of drug-likeness (QED) is 0.794. The first-order valence-electron chi connectivity index (χ1n) is 5.63. The van der Waals surface area contributed by atoms with Gasteiger partial charge in [0.1, 0.15) is 0 Å². The highest BCUT2D eigenvalue weighted by Crippen LogP contribution is 2.19. The summed E-state index contributed by atoms with van der Waals surface area (Å²) in [4.78, 5) is 0. The van der Waals surface area contributed by atoms with Crippen LogP contribution >= 0.6 is 11.8 Å². The average Bonchev–Trinajstić information content (AvgIpc) is 2.27. The molecule has 1 aromatic carbocycles. The van der Waals surface area contributed by atoms with Crippen LogP contribution in [0.4, 0.5) is 0 Å². The number of hydrogen-bond acceptors (Lipinski definition) is 2. The van der Waals surface area contributed by atoms with Gasteiger partial charge in [-0.25, -0.2) is 0 Å². The Morgan fingerprint density at radius 1 is 1.20 bits per heavy atom. The number of benzene rings is 1. The van der Waals surface area contributed by atoms with Crippen molar-refractivity contribution in [3.05, 3.63) is 35.9 Å². The van der Waals surface area contributed by atoms with Crippen LogP contribution in [-0.2, 0) is 5.75 Å². The second-order valence-corrected chi connectivity index (χ2v) is 5.21. The molecule has 0 fully saturated rings. The van der Waals surface area contributed by atoms with Crippen molar-refractivity contribution in [3.8, 4) is 0 Å². The molecule has 0 saturated carbocycles. The molecule has 1 N–H and O–H groups in total. The Bertz CT molecular complexity index is 260. The van der Waals surface area contributed by atoms with Gasteiger partial charge in [-0.3, -0.25) is 0 Å². The van der Waals surface area contributed by atoms with Crippen LogP contribution in [0.2, 0.25) is 0 Å². The largest absolute Gasteiger partial charge is 0.313 e. The van der Waals surface area contributed by atoms with Crippen molar-refractivity contribution < 1.29 is 0 Å². The van der Waals surface area contributed by atoms with E-state index in [4.69, 9.17) is 0 Å². The van der Waals surface area contributed by atoms with E-state index < -0.39 is 0 Å². The van der Waals surface area contributed by atoms with E-state index in [9.17, 15) is 0 Å². The molecule has 2 heteroatoms. The van der Waals surface area contributed by atoms with Gasteiger partial charge in [0.2, 0.25) is 0 Å². The fraction of sp³-hybridized carbons (Fsp3) is 0.538. The Morgan fingerprint density at radius 3 is 2.47 bits per heavy atom. The molecule has 0 saturated heterocycles. The molecular formula is C13H21NS. The zero-order valence-electron chi connectivity index (χ0n) is 9.86. The van der Waals surface area contributed by atoms with Crippen molar-refractivity contribution in [3.63, 3.8) is 0 Å². The lowest BCUT2D eigenvalue weighted by Crippen LogP contribution is -2.33. The number of nitrogens with one attached hydrogen (secondary N) is 1. The summed E-state index contributed by atoms with van der Waals surface area (Å²) in [6, 6.07) is 11.3. The van der Waals surface area contributed by atoms with Gasteiger partial charge in [-0.05, 0) is 19.0 Å². The van der Waals surface area contributed by atoms with Gasteiger partial charge in [0.05, 0.1) is 0 Å². The van der Waals surface area contributed by atoms with E-state index in [0.717, 1.165) is 12.3 Å². The summed E-state index contributed by atoms with van der Waals surface area (Å²) in [6.07, 6.45) is 0. The summed E-state index contributed by atoms with van der Waals surface area (Å²) in [5.74, 6) is 1.11. The minimum atomic E-state index is 0.587. The third-order valence-corrected chi connectivity index (χ3v) is 4.02. The van der Waals surface area contributed by atoms with Crippen LogP contribution in [-0.4, -0.2) is 17.8 Å². The lowest BCUT2D eigenvalue weighted by molar-refractivity contribution is 0.563. The molecule has 2 unspecified atom stereocenters. The van der Waals surface area contributed by atoms with E-state index >= 15 is 0 Å². The number of hydrogen-bond donors (Lipinski definition) is 1. The van der Waals surface area contributed by atoms with Gasteiger partial charge in [0, 0.05) is 17.0 Å². The molecular weight excluding hydrogens is 202 g/mol. The maximum Gasteiger partial charge on any atom is 0.0187 e. The van der Waals surface area contributed by atoms with E-state index in [1.165, 1.54) is 5.56 Å². The predicted octanol–water partition coefficient (Wildman–Crippen LogP) is 3.31. The lowest BCUT2D eigenvalue weighted by Gasteiger charge is -2.20. The van der Waals surface area contributed by atoms with Crippen LogP contribution in [0.5, 0.6) is 0 Å². The molecule has 0 heterocycles. The van der Waals surface area contributed by atoms with Gasteiger partial charge in [0.25, 0.3) is 0 Å². The molecule has 0 aliphatic heterocycles. The molecule has 0 spiro atoms. The van der Waals surface area contributed by atoms with Gasteiger partial charge in [-0.2, -0.15) is 11.8 Å². The molecule has 0 bridgehead atoms. The molecule has 15 heavy (non-hydrogen) atoms. The topological polar surface area (TPSA) is 12.0 Å². The van der Waals surface area contributed by atoms with Crippen LogP contribution in [0.15, 0.2) is 30.3 Å². The van der Waals surface area contributed by atoms with E-state index in [1.54, 1.807) is 0 Å². The van der Waals surface area contributed by atoms with E-state index in [0.29, 0.717) is 11.3 Å². The van der Waals surface area contributed by atoms with Crippen molar-refractivity contribution in [2.45, 2.75) is 37.8 Å². The first kappa shape index (κ1) is 12.6. The smallest absolute Gasteiger partial charge is 0.0187 e. The minimum Gasteiger partial charge on any atom is -0.313 e. The normalized spacial score (nSPS) is 14.9. The zero-order chi connectivity index (χ0) is 11.1. The van der Waals surface area contributed by atoms with Crippen molar-refractivity contribution in [1.82, 2.24) is 5.32 Å². The molecule has 0 amide bonds. The van der Waals surface area contributed by atoms with E-state index in [2.05, 4.69) is 56.4 Å². The number of thioether (sulfide) groups is 1. The second kappa shape index (κ2) is 6.91. The van der Waals surface area contributed by atoms with Crippen LogP contribution in [0.1, 0.15) is 26.3 Å². The summed E-state index contributed by atoms with van der Waals surface area (Å²) in [6.45, 7) is 7.76. The first-order chi connectivity index (χ1) is 7.24. The third-order valence-electron chi connectivity index (χ3n) is 2.59. The maximum atomic E-state index is 3.46. The van der Waals surface area contributed by atoms with Crippen molar-refractivity contribution in [2.24, 2.45) is 0 Å². The molecule has 1 nitrogen and oxygen atoms in total. The van der Waals surface area contributed by atoms with Crippen LogP contribution in [0.3, 0.4) is 0 Å². The highest BCUT2D eigenvalue weighted by molar-refractivity contribution is 7.99. The van der Waals surface area contributed by atoms with Gasteiger partial charge in [-0.1, -0.05) is 44.2 Å². The molecule has 1 aromatic rings. The fourth-order valence-corrected chi connectivity index (χ4v) is 2.47. The van der Waals surface area contributed by atoms with Gasteiger partial charge >= 0.3 is 0 Å². The Hall–Kier alpha value is -0.470. The molecule has 84 valence electrons. The average molecular weight is 223 g/mol. The SMILES string of the molecule is CCNC(C)C(C)SCc1ccccc1. The summed E-state index contributed by atoms with van der Waals surface area (Å²) in [5.41, 5.74) is 1.41. The molecule has 0 aromatic heterocycles. The molecule has 2 atom stereocenters. The monoisotopic (exact) mass is 223 g/mol. The third kappa shape index (κ3) is 4.72. The standard InChI is InChI=1S/C13H21NS/c1-4-14-11(2)12(3)15-10-13-8-6-5-7-9-13/h5-9,11-12,14H,4,10H2,1-3H3. The summed E-state index contributed by atoms with van der Waals surface area (Å²) in [7, 11) is 0. The highest BCUT2D eigenvalue weighted by atomic mass is 32.2. The maximum absolute atomic E-state index is 3.46. The Labute approximate surface area is 97.7 Å². The molecule has 0 aliphatic rings. The summed E-state index contributed by atoms with van der Waals surface area (Å²) >= 11 is 2.02. The van der Waals surface area contributed by atoms with Crippen LogP contribution in [0.25, 0.3) is 0 Å². The predicted molar refractivity (Wildman–Crippen MR) is 70.3 cm³/mol. The second-order valence-electron chi connectivity index (χ2n) is 3.85. The van der Waals surface area contributed by atoms with Crippen molar-refractivity contribution in [1.29, 1.82) is 0 Å². The molecule has 0 aliphatic carbocycles. The first-order valence-corrected chi connectivity index (χ1v) is 6.67. The summed E-state index contributed by atoms with van der Waals surface area (Å²) in [5, 5.41) is 4.12. The van der Waals surface area contributed by atoms with Crippen LogP contribution in [0, 0.1) is 0 Å². The Kier molecular flexibility index (Phi) is 5.81.